The van der Waals surface area contributed by atoms with Crippen LogP contribution >= 0.6 is 0 Å². The minimum absolute atomic E-state index is 0.0650. The van der Waals surface area contributed by atoms with Crippen molar-refractivity contribution in [2.45, 2.75) is 19.8 Å². The van der Waals surface area contributed by atoms with Crippen molar-refractivity contribution in [2.24, 2.45) is 5.92 Å². The molecular formula is C15H18O3. The van der Waals surface area contributed by atoms with Crippen molar-refractivity contribution in [3.8, 4) is 5.75 Å². The van der Waals surface area contributed by atoms with Gasteiger partial charge in [0.1, 0.15) is 24.4 Å². The summed E-state index contributed by atoms with van der Waals surface area (Å²) < 4.78 is 5.34. The average Bonchev–Trinajstić information content (AvgIpc) is 2.38. The molecule has 0 amide bonds. The first-order valence-electron chi connectivity index (χ1n) is 5.92. The monoisotopic (exact) mass is 246 g/mol. The quantitative estimate of drug-likeness (QED) is 0.422. The predicted octanol–water partition coefficient (Wildman–Crippen LogP) is 2.76. The van der Waals surface area contributed by atoms with E-state index < -0.39 is 5.92 Å². The third kappa shape index (κ3) is 3.55. The molecule has 0 bridgehead atoms. The molecule has 1 atom stereocenters. The van der Waals surface area contributed by atoms with Gasteiger partial charge in [-0.05, 0) is 17.7 Å². The zero-order valence-corrected chi connectivity index (χ0v) is 10.8. The molecule has 96 valence electrons. The van der Waals surface area contributed by atoms with Crippen molar-refractivity contribution in [1.82, 2.24) is 0 Å². The molecule has 1 rings (SSSR count). The van der Waals surface area contributed by atoms with E-state index in [1.807, 2.05) is 0 Å². The normalized spacial score (nSPS) is 11.9. The zero-order chi connectivity index (χ0) is 13.5. The van der Waals surface area contributed by atoms with E-state index in [4.69, 9.17) is 4.74 Å². The van der Waals surface area contributed by atoms with E-state index in [1.54, 1.807) is 44.2 Å². The van der Waals surface area contributed by atoms with Crippen LogP contribution in [0, 0.1) is 5.92 Å². The molecule has 0 saturated heterocycles. The first-order chi connectivity index (χ1) is 8.60. The van der Waals surface area contributed by atoms with Gasteiger partial charge in [-0.2, -0.15) is 0 Å². The SMILES string of the molecule is C=CCOc1ccc(C(C=O)C(=O)C(C)C)cc1. The van der Waals surface area contributed by atoms with E-state index in [1.165, 1.54) is 0 Å². The fraction of sp³-hybridized carbons (Fsp3) is 0.333. The van der Waals surface area contributed by atoms with E-state index in [0.717, 1.165) is 0 Å². The Morgan fingerprint density at radius 3 is 2.39 bits per heavy atom. The highest BCUT2D eigenvalue weighted by molar-refractivity contribution is 5.99. The van der Waals surface area contributed by atoms with E-state index in [9.17, 15) is 9.59 Å². The number of carbonyl (C=O) groups excluding carboxylic acids is 2. The van der Waals surface area contributed by atoms with Crippen LogP contribution in [-0.4, -0.2) is 18.7 Å². The molecule has 3 nitrogen and oxygen atoms in total. The zero-order valence-electron chi connectivity index (χ0n) is 10.8. The second kappa shape index (κ2) is 6.74. The maximum Gasteiger partial charge on any atom is 0.149 e. The van der Waals surface area contributed by atoms with Crippen LogP contribution in [0.4, 0.5) is 0 Å². The van der Waals surface area contributed by atoms with Crippen molar-refractivity contribution in [3.63, 3.8) is 0 Å². The van der Waals surface area contributed by atoms with Crippen LogP contribution in [0.5, 0.6) is 5.75 Å². The molecule has 0 N–H and O–H groups in total. The van der Waals surface area contributed by atoms with Crippen LogP contribution in [0.2, 0.25) is 0 Å². The Bertz CT molecular complexity index is 418. The number of hydrogen-bond acceptors (Lipinski definition) is 3. The van der Waals surface area contributed by atoms with Crippen molar-refractivity contribution < 1.29 is 14.3 Å². The number of Topliss-reactive ketones (excluding diaryl/α,β-unsaturated/α-hetero) is 1. The van der Waals surface area contributed by atoms with Gasteiger partial charge in [0.15, 0.2) is 0 Å². The lowest BCUT2D eigenvalue weighted by Gasteiger charge is -2.12. The maximum atomic E-state index is 11.9. The fourth-order valence-electron chi connectivity index (χ4n) is 1.60. The minimum atomic E-state index is -0.682. The van der Waals surface area contributed by atoms with Gasteiger partial charge in [-0.1, -0.05) is 38.6 Å². The number of ketones is 1. The molecule has 0 radical (unpaired) electrons. The molecule has 0 aromatic heterocycles. The summed E-state index contributed by atoms with van der Waals surface area (Å²) in [5.41, 5.74) is 0.703. The molecule has 0 fully saturated rings. The van der Waals surface area contributed by atoms with E-state index in [-0.39, 0.29) is 11.7 Å². The number of aldehydes is 1. The maximum absolute atomic E-state index is 11.9. The van der Waals surface area contributed by atoms with Gasteiger partial charge < -0.3 is 9.53 Å². The summed E-state index contributed by atoms with van der Waals surface area (Å²) in [7, 11) is 0. The van der Waals surface area contributed by atoms with Gasteiger partial charge in [0.2, 0.25) is 0 Å². The molecule has 0 saturated carbocycles. The molecular weight excluding hydrogens is 228 g/mol. The topological polar surface area (TPSA) is 43.4 Å². The van der Waals surface area contributed by atoms with Gasteiger partial charge in [0.05, 0.1) is 5.92 Å². The Labute approximate surface area is 107 Å². The third-order valence-electron chi connectivity index (χ3n) is 2.62. The van der Waals surface area contributed by atoms with E-state index in [0.29, 0.717) is 24.2 Å². The van der Waals surface area contributed by atoms with Gasteiger partial charge >= 0.3 is 0 Å². The van der Waals surface area contributed by atoms with E-state index in [2.05, 4.69) is 6.58 Å². The Morgan fingerprint density at radius 1 is 1.33 bits per heavy atom. The van der Waals surface area contributed by atoms with Crippen molar-refractivity contribution in [1.29, 1.82) is 0 Å². The summed E-state index contributed by atoms with van der Waals surface area (Å²) in [5.74, 6) is -0.208. The van der Waals surface area contributed by atoms with Gasteiger partial charge in [-0.15, -0.1) is 0 Å². The number of rotatable bonds is 7. The molecule has 0 spiro atoms. The number of hydrogen-bond donors (Lipinski definition) is 0. The van der Waals surface area contributed by atoms with Crippen molar-refractivity contribution in [3.05, 3.63) is 42.5 Å². The largest absolute Gasteiger partial charge is 0.490 e. The molecule has 0 aliphatic rings. The molecule has 0 heterocycles. The highest BCUT2D eigenvalue weighted by atomic mass is 16.5. The molecule has 1 unspecified atom stereocenters. The minimum Gasteiger partial charge on any atom is -0.490 e. The smallest absolute Gasteiger partial charge is 0.149 e. The van der Waals surface area contributed by atoms with Crippen LogP contribution in [0.15, 0.2) is 36.9 Å². The Hall–Kier alpha value is -1.90. The Morgan fingerprint density at radius 2 is 1.94 bits per heavy atom. The summed E-state index contributed by atoms with van der Waals surface area (Å²) >= 11 is 0. The summed E-state index contributed by atoms with van der Waals surface area (Å²) in [4.78, 5) is 22.9. The van der Waals surface area contributed by atoms with Crippen LogP contribution in [0.25, 0.3) is 0 Å². The molecule has 1 aromatic rings. The average molecular weight is 246 g/mol. The molecule has 0 aliphatic carbocycles. The van der Waals surface area contributed by atoms with Gasteiger partial charge in [-0.3, -0.25) is 4.79 Å². The number of benzene rings is 1. The van der Waals surface area contributed by atoms with Crippen LogP contribution in [0.1, 0.15) is 25.3 Å². The Balaban J connectivity index is 2.85. The Kier molecular flexibility index (Phi) is 5.31. The number of ether oxygens (including phenoxy) is 1. The lowest BCUT2D eigenvalue weighted by Crippen LogP contribution is -2.19. The van der Waals surface area contributed by atoms with Gasteiger partial charge in [0, 0.05) is 5.92 Å². The second-order valence-corrected chi connectivity index (χ2v) is 4.34. The van der Waals surface area contributed by atoms with Gasteiger partial charge in [0.25, 0.3) is 0 Å². The van der Waals surface area contributed by atoms with Crippen LogP contribution in [-0.2, 0) is 9.59 Å². The predicted molar refractivity (Wildman–Crippen MR) is 70.8 cm³/mol. The van der Waals surface area contributed by atoms with E-state index >= 15 is 0 Å². The molecule has 0 aliphatic heterocycles. The van der Waals surface area contributed by atoms with Gasteiger partial charge in [-0.25, -0.2) is 0 Å². The summed E-state index contributed by atoms with van der Waals surface area (Å²) in [6.45, 7) is 7.58. The molecule has 18 heavy (non-hydrogen) atoms. The highest BCUT2D eigenvalue weighted by Gasteiger charge is 2.22. The summed E-state index contributed by atoms with van der Waals surface area (Å²) in [5, 5.41) is 0. The summed E-state index contributed by atoms with van der Waals surface area (Å²) in [6.07, 6.45) is 2.35. The number of carbonyl (C=O) groups is 2. The third-order valence-corrected chi connectivity index (χ3v) is 2.62. The van der Waals surface area contributed by atoms with Crippen LogP contribution < -0.4 is 4.74 Å². The molecule has 1 aromatic carbocycles. The lowest BCUT2D eigenvalue weighted by molar-refractivity contribution is -0.126. The first-order valence-corrected chi connectivity index (χ1v) is 5.92. The first kappa shape index (κ1) is 14.2. The standard InChI is InChI=1S/C15H18O3/c1-4-9-18-13-7-5-12(6-8-13)14(10-16)15(17)11(2)3/h4-8,10-11,14H,1,9H2,2-3H3. The van der Waals surface area contributed by atoms with Crippen LogP contribution in [0.3, 0.4) is 0 Å². The summed E-state index contributed by atoms with van der Waals surface area (Å²) in [6, 6.07) is 7.00. The molecule has 3 heteroatoms. The highest BCUT2D eigenvalue weighted by Crippen LogP contribution is 2.21. The second-order valence-electron chi connectivity index (χ2n) is 4.34. The van der Waals surface area contributed by atoms with Crippen molar-refractivity contribution >= 4 is 12.1 Å². The fourth-order valence-corrected chi connectivity index (χ4v) is 1.60. The lowest BCUT2D eigenvalue weighted by atomic mass is 9.90. The van der Waals surface area contributed by atoms with Crippen molar-refractivity contribution in [2.75, 3.05) is 6.61 Å².